The predicted molar refractivity (Wildman–Crippen MR) is 70.6 cm³/mol. The van der Waals surface area contributed by atoms with E-state index in [0.717, 1.165) is 15.7 Å². The Morgan fingerprint density at radius 2 is 1.62 bits per heavy atom. The highest BCUT2D eigenvalue weighted by Gasteiger charge is 1.96. The van der Waals surface area contributed by atoms with Crippen molar-refractivity contribution in [3.05, 3.63) is 69.6 Å². The highest BCUT2D eigenvalue weighted by molar-refractivity contribution is 9.10. The molecule has 0 unspecified atom stereocenters. The average Bonchev–Trinajstić information content (AvgIpc) is 2.33. The number of nitrogens with zero attached hydrogens (tertiary/aromatic N) is 1. The Morgan fingerprint density at radius 1 is 0.938 bits per heavy atom. The molecule has 3 heteroatoms. The van der Waals surface area contributed by atoms with Crippen molar-refractivity contribution >= 4 is 21.6 Å². The van der Waals surface area contributed by atoms with Gasteiger partial charge in [-0.2, -0.15) is 0 Å². The van der Waals surface area contributed by atoms with E-state index in [0.29, 0.717) is 0 Å². The molecule has 0 aromatic heterocycles. The Hall–Kier alpha value is -1.79. The van der Waals surface area contributed by atoms with Gasteiger partial charge in [0.15, 0.2) is 0 Å². The molecule has 0 saturated heterocycles. The predicted octanol–water partition coefficient (Wildman–Crippen LogP) is 4.16. The fourth-order valence-electron chi connectivity index (χ4n) is 1.19. The summed E-state index contributed by atoms with van der Waals surface area (Å²) in [4.78, 5) is 4.03. The molecular formula is C13H10BrN2+. The lowest BCUT2D eigenvalue weighted by molar-refractivity contribution is 1.56. The summed E-state index contributed by atoms with van der Waals surface area (Å²) in [5.41, 5.74) is 4.80. The Balaban J connectivity index is 2.03. The summed E-state index contributed by atoms with van der Waals surface area (Å²) in [6.45, 7) is 0. The summed E-state index contributed by atoms with van der Waals surface area (Å²) in [7, 11) is 0. The maximum Gasteiger partial charge on any atom is 0.357 e. The minimum atomic E-state index is 0.937. The van der Waals surface area contributed by atoms with Gasteiger partial charge in [-0.1, -0.05) is 34.1 Å². The van der Waals surface area contributed by atoms with Crippen molar-refractivity contribution in [3.63, 3.8) is 0 Å². The number of rotatable bonds is 1. The molecule has 0 aliphatic rings. The van der Waals surface area contributed by atoms with Crippen LogP contribution in [-0.2, 0) is 0 Å². The van der Waals surface area contributed by atoms with Crippen molar-refractivity contribution in [3.8, 4) is 6.07 Å². The molecular weight excluding hydrogens is 264 g/mol. The minimum Gasteiger partial charge on any atom is -0.0621 e. The van der Waals surface area contributed by atoms with Crippen molar-refractivity contribution in [2.45, 2.75) is 0 Å². The van der Waals surface area contributed by atoms with E-state index in [1.807, 2.05) is 54.6 Å². The first-order valence-electron chi connectivity index (χ1n) is 4.87. The minimum absolute atomic E-state index is 0.937. The van der Waals surface area contributed by atoms with E-state index < -0.39 is 0 Å². The molecule has 16 heavy (non-hydrogen) atoms. The van der Waals surface area contributed by atoms with Gasteiger partial charge in [-0.15, -0.1) is 0 Å². The molecule has 0 radical (unpaired) electrons. The maximum absolute atomic E-state index is 4.03. The second-order valence-electron chi connectivity index (χ2n) is 3.21. The molecule has 2 aromatic carbocycles. The zero-order chi connectivity index (χ0) is 11.2. The smallest absolute Gasteiger partial charge is 0.0621 e. The molecule has 2 nitrogen and oxygen atoms in total. The first kappa shape index (κ1) is 10.7. The van der Waals surface area contributed by atoms with E-state index in [-0.39, 0.29) is 0 Å². The molecule has 0 bridgehead atoms. The summed E-state index contributed by atoms with van der Waals surface area (Å²) in [5, 5.41) is 0. The molecule has 0 amide bonds. The van der Waals surface area contributed by atoms with Gasteiger partial charge in [0.25, 0.3) is 0 Å². The van der Waals surface area contributed by atoms with Crippen molar-refractivity contribution < 1.29 is 0 Å². The van der Waals surface area contributed by atoms with Crippen LogP contribution in [0, 0.1) is 6.07 Å². The lowest BCUT2D eigenvalue weighted by Crippen LogP contribution is -1.82. The maximum atomic E-state index is 4.03. The lowest BCUT2D eigenvalue weighted by atomic mass is 10.2. The number of benzene rings is 2. The van der Waals surface area contributed by atoms with E-state index >= 15 is 0 Å². The van der Waals surface area contributed by atoms with Gasteiger partial charge in [-0.05, 0) is 41.8 Å². The van der Waals surface area contributed by atoms with Crippen LogP contribution in [0.3, 0.4) is 0 Å². The van der Waals surface area contributed by atoms with Crippen LogP contribution in [0.4, 0.5) is 5.69 Å². The van der Waals surface area contributed by atoms with Crippen LogP contribution in [0.1, 0.15) is 5.56 Å². The SMILES string of the molecule is Brc1ccc(C#[N+]Nc2ccccc2)cc1. The Labute approximate surface area is 103 Å². The van der Waals surface area contributed by atoms with Crippen LogP contribution in [0.25, 0.3) is 4.95 Å². The Kier molecular flexibility index (Phi) is 3.58. The monoisotopic (exact) mass is 273 g/mol. The summed E-state index contributed by atoms with van der Waals surface area (Å²) in [5.74, 6) is 0. The summed E-state index contributed by atoms with van der Waals surface area (Å²) in [6, 6.07) is 20.5. The fraction of sp³-hybridized carbons (Fsp3) is 0. The highest BCUT2D eigenvalue weighted by atomic mass is 79.9. The fourth-order valence-corrected chi connectivity index (χ4v) is 1.46. The summed E-state index contributed by atoms with van der Waals surface area (Å²) in [6.07, 6.45) is 0. The molecule has 0 aliphatic carbocycles. The van der Waals surface area contributed by atoms with Crippen molar-refractivity contribution in [1.29, 1.82) is 0 Å². The van der Waals surface area contributed by atoms with Crippen LogP contribution >= 0.6 is 15.9 Å². The first-order chi connectivity index (χ1) is 7.84. The molecule has 2 rings (SSSR count). The van der Waals surface area contributed by atoms with Gasteiger partial charge in [-0.3, -0.25) is 0 Å². The van der Waals surface area contributed by atoms with E-state index in [4.69, 9.17) is 0 Å². The number of para-hydroxylation sites is 1. The Morgan fingerprint density at radius 3 is 2.31 bits per heavy atom. The normalized spacial score (nSPS) is 9.06. The van der Waals surface area contributed by atoms with Gasteiger partial charge in [0.1, 0.15) is 11.3 Å². The quantitative estimate of drug-likeness (QED) is 0.772. The van der Waals surface area contributed by atoms with Crippen molar-refractivity contribution in [2.75, 3.05) is 5.43 Å². The third-order valence-electron chi connectivity index (χ3n) is 1.99. The molecule has 1 N–H and O–H groups in total. The highest BCUT2D eigenvalue weighted by Crippen LogP contribution is 2.10. The topological polar surface area (TPSA) is 16.4 Å². The number of halogens is 1. The van der Waals surface area contributed by atoms with Gasteiger partial charge >= 0.3 is 6.07 Å². The van der Waals surface area contributed by atoms with Gasteiger partial charge in [0.05, 0.1) is 4.95 Å². The largest absolute Gasteiger partial charge is 0.357 e. The standard InChI is InChI=1S/C13H10BrN2/c14-12-8-6-11(7-9-12)10-15-16-13-4-2-1-3-5-13/h1-9,16H/q+1. The molecule has 0 aliphatic heterocycles. The second-order valence-corrected chi connectivity index (χ2v) is 4.12. The summed E-state index contributed by atoms with van der Waals surface area (Å²) >= 11 is 3.38. The molecule has 0 saturated carbocycles. The van der Waals surface area contributed by atoms with E-state index in [1.54, 1.807) is 0 Å². The Bertz CT molecular complexity index is 509. The van der Waals surface area contributed by atoms with Gasteiger partial charge in [-0.25, -0.2) is 0 Å². The lowest BCUT2D eigenvalue weighted by Gasteiger charge is -1.86. The van der Waals surface area contributed by atoms with E-state index in [2.05, 4.69) is 32.4 Å². The zero-order valence-electron chi connectivity index (χ0n) is 8.52. The van der Waals surface area contributed by atoms with Crippen molar-refractivity contribution in [2.24, 2.45) is 0 Å². The number of nitrogens with one attached hydrogen (secondary N) is 1. The second kappa shape index (κ2) is 5.34. The van der Waals surface area contributed by atoms with E-state index in [9.17, 15) is 0 Å². The van der Waals surface area contributed by atoms with Crippen LogP contribution in [0.15, 0.2) is 59.1 Å². The molecule has 0 spiro atoms. The zero-order valence-corrected chi connectivity index (χ0v) is 10.1. The van der Waals surface area contributed by atoms with Gasteiger partial charge in [0, 0.05) is 4.47 Å². The third-order valence-corrected chi connectivity index (χ3v) is 2.52. The molecule has 0 heterocycles. The van der Waals surface area contributed by atoms with Crippen LogP contribution < -0.4 is 5.43 Å². The van der Waals surface area contributed by atoms with Gasteiger partial charge in [0.2, 0.25) is 0 Å². The van der Waals surface area contributed by atoms with Crippen LogP contribution in [-0.4, -0.2) is 0 Å². The van der Waals surface area contributed by atoms with E-state index in [1.165, 1.54) is 0 Å². The average molecular weight is 274 g/mol. The number of hydrogen-bond acceptors (Lipinski definition) is 1. The molecule has 2 aromatic rings. The first-order valence-corrected chi connectivity index (χ1v) is 5.66. The van der Waals surface area contributed by atoms with Crippen LogP contribution in [0.5, 0.6) is 0 Å². The van der Waals surface area contributed by atoms with Gasteiger partial charge < -0.3 is 0 Å². The summed E-state index contributed by atoms with van der Waals surface area (Å²) < 4.78 is 1.05. The van der Waals surface area contributed by atoms with Crippen molar-refractivity contribution in [1.82, 2.24) is 0 Å². The molecule has 0 atom stereocenters. The molecule has 0 fully saturated rings. The number of anilines is 1. The van der Waals surface area contributed by atoms with Crippen LogP contribution in [0.2, 0.25) is 0 Å². The molecule has 78 valence electrons. The third kappa shape index (κ3) is 3.11. The number of hydrogen-bond donors (Lipinski definition) is 1.